The van der Waals surface area contributed by atoms with Gasteiger partial charge >= 0.3 is 0 Å². The van der Waals surface area contributed by atoms with Gasteiger partial charge in [0.15, 0.2) is 0 Å². The average Bonchev–Trinajstić information content (AvgIpc) is 3.20. The van der Waals surface area contributed by atoms with Gasteiger partial charge in [-0.25, -0.2) is 9.97 Å². The van der Waals surface area contributed by atoms with E-state index in [4.69, 9.17) is 22.1 Å². The van der Waals surface area contributed by atoms with Crippen LogP contribution in [0, 0.1) is 15.2 Å². The number of pyridine rings is 2. The van der Waals surface area contributed by atoms with E-state index in [-0.39, 0.29) is 28.5 Å². The highest BCUT2D eigenvalue weighted by Gasteiger charge is 2.38. The quantitative estimate of drug-likeness (QED) is 0.639. The van der Waals surface area contributed by atoms with E-state index < -0.39 is 0 Å². The van der Waals surface area contributed by atoms with Crippen LogP contribution in [0.1, 0.15) is 25.0 Å². The lowest BCUT2D eigenvalue weighted by molar-refractivity contribution is 0.134. The molecule has 0 saturated carbocycles. The summed E-state index contributed by atoms with van der Waals surface area (Å²) in [4.78, 5) is 33.9. The molecule has 158 valence electrons. The summed E-state index contributed by atoms with van der Waals surface area (Å²) < 4.78 is 5.60. The van der Waals surface area contributed by atoms with E-state index in [1.54, 1.807) is 12.1 Å². The van der Waals surface area contributed by atoms with Gasteiger partial charge in [-0.1, -0.05) is 28.5 Å². The van der Waals surface area contributed by atoms with Gasteiger partial charge < -0.3 is 15.4 Å². The zero-order chi connectivity index (χ0) is 21.1. The molecule has 9 nitrogen and oxygen atoms in total. The first-order chi connectivity index (χ1) is 14.5. The van der Waals surface area contributed by atoms with Crippen LogP contribution in [-0.4, -0.2) is 36.3 Å². The Hall–Kier alpha value is -2.30. The molecule has 2 aliphatic rings. The maximum absolute atomic E-state index is 11.6. The van der Waals surface area contributed by atoms with Crippen molar-refractivity contribution in [3.8, 4) is 0 Å². The van der Waals surface area contributed by atoms with Crippen LogP contribution in [0.15, 0.2) is 38.6 Å². The normalized spacial score (nSPS) is 18.0. The van der Waals surface area contributed by atoms with Gasteiger partial charge in [0.2, 0.25) is 0 Å². The van der Waals surface area contributed by atoms with E-state index in [1.807, 2.05) is 0 Å². The number of piperidine rings is 1. The third-order valence-electron chi connectivity index (χ3n) is 5.77. The number of hydrogen-bond acceptors (Lipinski definition) is 10. The Morgan fingerprint density at radius 3 is 2.77 bits per heavy atom. The smallest absolute Gasteiger partial charge is 0.143 e. The van der Waals surface area contributed by atoms with Crippen LogP contribution in [0.25, 0.3) is 0 Å². The minimum atomic E-state index is -0.0982. The number of nitrogen functional groups attached to an aromatic ring is 1. The van der Waals surface area contributed by atoms with E-state index in [0.29, 0.717) is 15.6 Å². The second-order valence-electron chi connectivity index (χ2n) is 7.56. The zero-order valence-corrected chi connectivity index (χ0v) is 17.8. The Morgan fingerprint density at radius 2 is 2.10 bits per heavy atom. The van der Waals surface area contributed by atoms with Crippen molar-refractivity contribution < 1.29 is 4.74 Å². The summed E-state index contributed by atoms with van der Waals surface area (Å²) in [6.07, 6.45) is 4.59. The molecule has 4 rings (SSSR count). The third kappa shape index (κ3) is 4.12. The van der Waals surface area contributed by atoms with Crippen molar-refractivity contribution in [2.45, 2.75) is 35.7 Å². The Kier molecular flexibility index (Phi) is 6.16. The SMILES string of the molecule is Nc1nccc(Sc2nc(CN=O)c(N3CCC4(CCOC4)CC3)cc2N=O)c1Cl. The molecule has 0 unspecified atom stereocenters. The second kappa shape index (κ2) is 8.83. The average molecular weight is 449 g/mol. The number of aromatic nitrogens is 2. The van der Waals surface area contributed by atoms with Gasteiger partial charge in [0.1, 0.15) is 23.1 Å². The highest BCUT2D eigenvalue weighted by atomic mass is 35.5. The second-order valence-corrected chi connectivity index (χ2v) is 8.97. The van der Waals surface area contributed by atoms with Crippen molar-refractivity contribution >= 4 is 40.6 Å². The standard InChI is InChI=1S/C19H21ClN6O3S/c20-16-15(1-5-22-17(16)21)30-18-12(25-28)9-14(13(24-18)10-23-27)26-6-2-19(3-7-26)4-8-29-11-19/h1,5,9H,2-4,6-8,10-11H2,(H2,21,22). The fourth-order valence-corrected chi connectivity index (χ4v) is 5.11. The van der Waals surface area contributed by atoms with Crippen molar-refractivity contribution in [3.05, 3.63) is 38.9 Å². The largest absolute Gasteiger partial charge is 0.382 e. The summed E-state index contributed by atoms with van der Waals surface area (Å²) in [6, 6.07) is 3.36. The Bertz CT molecular complexity index is 960. The van der Waals surface area contributed by atoms with Gasteiger partial charge in [0.25, 0.3) is 0 Å². The van der Waals surface area contributed by atoms with Gasteiger partial charge in [-0.2, -0.15) is 4.91 Å². The molecule has 11 heteroatoms. The molecule has 2 fully saturated rings. The number of hydrogen-bond donors (Lipinski definition) is 1. The first-order valence-corrected chi connectivity index (χ1v) is 10.8. The van der Waals surface area contributed by atoms with E-state index in [0.717, 1.165) is 63.0 Å². The number of halogens is 1. The molecule has 4 heterocycles. The summed E-state index contributed by atoms with van der Waals surface area (Å²) in [6.45, 7) is 3.12. The Balaban J connectivity index is 1.64. The number of rotatable bonds is 6. The summed E-state index contributed by atoms with van der Waals surface area (Å²) in [7, 11) is 0. The molecule has 0 radical (unpaired) electrons. The van der Waals surface area contributed by atoms with Gasteiger partial charge in [-0.05, 0) is 42.0 Å². The molecule has 2 aliphatic heterocycles. The first-order valence-electron chi connectivity index (χ1n) is 9.62. The lowest BCUT2D eigenvalue weighted by atomic mass is 9.78. The molecule has 0 bridgehead atoms. The fraction of sp³-hybridized carbons (Fsp3) is 0.474. The minimum Gasteiger partial charge on any atom is -0.382 e. The van der Waals surface area contributed by atoms with Gasteiger partial charge in [0.05, 0.1) is 23.0 Å². The Morgan fingerprint density at radius 1 is 1.30 bits per heavy atom. The van der Waals surface area contributed by atoms with Gasteiger partial charge in [-0.15, -0.1) is 4.91 Å². The van der Waals surface area contributed by atoms with Crippen molar-refractivity contribution in [1.82, 2.24) is 9.97 Å². The maximum atomic E-state index is 11.6. The van der Waals surface area contributed by atoms with E-state index in [2.05, 4.69) is 25.2 Å². The number of nitrogens with two attached hydrogens (primary N) is 1. The van der Waals surface area contributed by atoms with Crippen LogP contribution in [0.5, 0.6) is 0 Å². The number of anilines is 2. The highest BCUT2D eigenvalue weighted by molar-refractivity contribution is 7.99. The summed E-state index contributed by atoms with van der Waals surface area (Å²) in [5.74, 6) is 0.187. The summed E-state index contributed by atoms with van der Waals surface area (Å²) in [5.41, 5.74) is 7.42. The predicted molar refractivity (Wildman–Crippen MR) is 116 cm³/mol. The van der Waals surface area contributed by atoms with Gasteiger partial charge in [-0.3, -0.25) is 0 Å². The van der Waals surface area contributed by atoms with Gasteiger partial charge in [0, 0.05) is 30.8 Å². The Labute approximate surface area is 182 Å². The van der Waals surface area contributed by atoms with Crippen LogP contribution < -0.4 is 10.6 Å². The van der Waals surface area contributed by atoms with Crippen LogP contribution in [0.3, 0.4) is 0 Å². The predicted octanol–water partition coefficient (Wildman–Crippen LogP) is 4.53. The molecule has 0 aliphatic carbocycles. The molecular formula is C19H21ClN6O3S. The zero-order valence-electron chi connectivity index (χ0n) is 16.2. The topological polar surface area (TPSA) is 123 Å². The minimum absolute atomic E-state index is 0.0982. The van der Waals surface area contributed by atoms with Crippen LogP contribution in [0.4, 0.5) is 17.2 Å². The van der Waals surface area contributed by atoms with Crippen molar-refractivity contribution in [1.29, 1.82) is 0 Å². The molecular weight excluding hydrogens is 428 g/mol. The molecule has 2 N–H and O–H groups in total. The number of nitroso groups, excluding NO2 is 2. The number of nitrogens with zero attached hydrogens (tertiary/aromatic N) is 5. The molecule has 2 saturated heterocycles. The fourth-order valence-electron chi connectivity index (χ4n) is 3.99. The van der Waals surface area contributed by atoms with E-state index >= 15 is 0 Å². The summed E-state index contributed by atoms with van der Waals surface area (Å²) >= 11 is 7.37. The van der Waals surface area contributed by atoms with Crippen molar-refractivity contribution in [2.24, 2.45) is 15.8 Å². The van der Waals surface area contributed by atoms with Crippen molar-refractivity contribution in [2.75, 3.05) is 36.9 Å². The molecule has 0 atom stereocenters. The molecule has 1 spiro atoms. The monoisotopic (exact) mass is 448 g/mol. The third-order valence-corrected chi connectivity index (χ3v) is 7.34. The number of ether oxygens (including phenoxy) is 1. The maximum Gasteiger partial charge on any atom is 0.143 e. The van der Waals surface area contributed by atoms with Crippen LogP contribution in [-0.2, 0) is 11.3 Å². The first kappa shape index (κ1) is 21.0. The molecule has 0 aromatic carbocycles. The lowest BCUT2D eigenvalue weighted by Crippen LogP contribution is -2.41. The molecule has 2 aromatic heterocycles. The summed E-state index contributed by atoms with van der Waals surface area (Å²) in [5, 5.41) is 6.83. The van der Waals surface area contributed by atoms with E-state index in [1.165, 1.54) is 6.20 Å². The highest BCUT2D eigenvalue weighted by Crippen LogP contribution is 2.43. The van der Waals surface area contributed by atoms with Crippen LogP contribution in [0.2, 0.25) is 5.02 Å². The van der Waals surface area contributed by atoms with E-state index in [9.17, 15) is 9.81 Å². The molecule has 2 aromatic rings. The van der Waals surface area contributed by atoms with Crippen molar-refractivity contribution in [3.63, 3.8) is 0 Å². The molecule has 0 amide bonds. The van der Waals surface area contributed by atoms with Crippen LogP contribution >= 0.6 is 23.4 Å². The molecule has 30 heavy (non-hydrogen) atoms. The lowest BCUT2D eigenvalue weighted by Gasteiger charge is -2.40.